The Morgan fingerprint density at radius 3 is 2.64 bits per heavy atom. The average Bonchev–Trinajstić information content (AvgIpc) is 2.59. The zero-order valence-electron chi connectivity index (χ0n) is 13.4. The summed E-state index contributed by atoms with van der Waals surface area (Å²) in [5.74, 6) is 0.135. The highest BCUT2D eigenvalue weighted by Crippen LogP contribution is 2.31. The lowest BCUT2D eigenvalue weighted by molar-refractivity contribution is -0.114. The third kappa shape index (κ3) is 4.80. The van der Waals surface area contributed by atoms with Gasteiger partial charge in [0.1, 0.15) is 4.90 Å². The number of sulfonamides is 1. The van der Waals surface area contributed by atoms with Crippen LogP contribution in [0.5, 0.6) is 11.5 Å². The molecule has 9 heteroatoms. The number of methoxy groups -OCH3 is 2. The number of carbonyl (C=O) groups excluding carboxylic acids is 1. The largest absolute Gasteiger partial charge is 0.493 e. The summed E-state index contributed by atoms with van der Waals surface area (Å²) >= 11 is 3.13. The molecule has 0 aliphatic rings. The number of nitrogens with one attached hydrogen (secondary N) is 1. The first kappa shape index (κ1) is 18.9. The van der Waals surface area contributed by atoms with Crippen molar-refractivity contribution in [2.75, 3.05) is 14.2 Å². The number of benzene rings is 1. The van der Waals surface area contributed by atoms with Gasteiger partial charge in [-0.15, -0.1) is 0 Å². The van der Waals surface area contributed by atoms with E-state index in [1.54, 1.807) is 18.2 Å². The molecule has 0 saturated carbocycles. The van der Waals surface area contributed by atoms with Crippen molar-refractivity contribution in [3.63, 3.8) is 0 Å². The lowest BCUT2D eigenvalue weighted by atomic mass is 10.1. The van der Waals surface area contributed by atoms with Crippen LogP contribution < -0.4 is 14.2 Å². The first-order valence-electron chi connectivity index (χ1n) is 6.94. The Bertz CT molecular complexity index is 912. The Morgan fingerprint density at radius 1 is 1.24 bits per heavy atom. The number of amides is 1. The average molecular weight is 427 g/mol. The number of ether oxygens (including phenoxy) is 2. The predicted molar refractivity (Wildman–Crippen MR) is 95.8 cm³/mol. The van der Waals surface area contributed by atoms with Crippen molar-refractivity contribution >= 4 is 37.9 Å². The normalized spacial score (nSPS) is 11.3. The van der Waals surface area contributed by atoms with Crippen molar-refractivity contribution in [2.24, 2.45) is 0 Å². The number of nitrogens with zero attached hydrogens (tertiary/aromatic N) is 1. The van der Waals surface area contributed by atoms with Crippen molar-refractivity contribution in [2.45, 2.75) is 4.90 Å². The first-order chi connectivity index (χ1) is 11.9. The molecular weight excluding hydrogens is 412 g/mol. The molecular formula is C16H15BrN2O5S. The van der Waals surface area contributed by atoms with E-state index >= 15 is 0 Å². The molecule has 0 aliphatic heterocycles. The van der Waals surface area contributed by atoms with Gasteiger partial charge in [-0.3, -0.25) is 9.78 Å². The Balaban J connectivity index is 2.19. The molecule has 0 fully saturated rings. The quantitative estimate of drug-likeness (QED) is 0.712. The van der Waals surface area contributed by atoms with Crippen LogP contribution in [0, 0.1) is 0 Å². The molecule has 0 radical (unpaired) electrons. The summed E-state index contributed by atoms with van der Waals surface area (Å²) in [7, 11) is -1.05. The molecule has 7 nitrogen and oxygen atoms in total. The monoisotopic (exact) mass is 426 g/mol. The topological polar surface area (TPSA) is 94.6 Å². The Kier molecular flexibility index (Phi) is 6.16. The fraction of sp³-hybridized carbons (Fsp3) is 0.125. The van der Waals surface area contributed by atoms with Crippen molar-refractivity contribution in [3.8, 4) is 11.5 Å². The minimum atomic E-state index is -4.01. The molecule has 25 heavy (non-hydrogen) atoms. The number of hydrogen-bond acceptors (Lipinski definition) is 6. The molecule has 0 saturated heterocycles. The lowest BCUT2D eigenvalue weighted by Gasteiger charge is -2.09. The van der Waals surface area contributed by atoms with Gasteiger partial charge in [-0.05, 0) is 34.1 Å². The highest BCUT2D eigenvalue weighted by molar-refractivity contribution is 9.10. The van der Waals surface area contributed by atoms with Gasteiger partial charge in [0.25, 0.3) is 15.9 Å². The third-order valence-corrected chi connectivity index (χ3v) is 4.82. The van der Waals surface area contributed by atoms with E-state index in [1.165, 1.54) is 32.6 Å². The summed E-state index contributed by atoms with van der Waals surface area (Å²) in [5.41, 5.74) is 0.568. The van der Waals surface area contributed by atoms with Gasteiger partial charge in [0.05, 0.1) is 14.2 Å². The van der Waals surface area contributed by atoms with Crippen LogP contribution in [0.3, 0.4) is 0 Å². The van der Waals surface area contributed by atoms with Gasteiger partial charge in [-0.1, -0.05) is 12.1 Å². The zero-order valence-corrected chi connectivity index (χ0v) is 15.8. The van der Waals surface area contributed by atoms with E-state index in [0.717, 1.165) is 12.3 Å². The molecule has 0 atom stereocenters. The number of carbonyl (C=O) groups is 1. The van der Waals surface area contributed by atoms with Crippen LogP contribution >= 0.6 is 15.9 Å². The van der Waals surface area contributed by atoms with Gasteiger partial charge >= 0.3 is 0 Å². The summed E-state index contributed by atoms with van der Waals surface area (Å²) < 4.78 is 37.2. The van der Waals surface area contributed by atoms with Gasteiger partial charge in [0, 0.05) is 28.5 Å². The first-order valence-corrected chi connectivity index (χ1v) is 9.21. The van der Waals surface area contributed by atoms with Crippen molar-refractivity contribution in [3.05, 3.63) is 52.8 Å². The fourth-order valence-electron chi connectivity index (χ4n) is 1.97. The highest BCUT2D eigenvalue weighted by Gasteiger charge is 2.17. The number of rotatable bonds is 6. The van der Waals surface area contributed by atoms with Crippen molar-refractivity contribution in [1.29, 1.82) is 0 Å². The third-order valence-electron chi connectivity index (χ3n) is 3.07. The van der Waals surface area contributed by atoms with E-state index in [0.29, 0.717) is 21.5 Å². The zero-order chi connectivity index (χ0) is 18.4. The van der Waals surface area contributed by atoms with E-state index in [-0.39, 0.29) is 4.90 Å². The van der Waals surface area contributed by atoms with E-state index in [4.69, 9.17) is 9.47 Å². The molecule has 0 aliphatic carbocycles. The maximum absolute atomic E-state index is 12.2. The summed E-state index contributed by atoms with van der Waals surface area (Å²) in [4.78, 5) is 15.6. The Labute approximate surface area is 153 Å². The van der Waals surface area contributed by atoms with Crippen LogP contribution in [0.1, 0.15) is 5.56 Å². The van der Waals surface area contributed by atoms with Gasteiger partial charge in [-0.2, -0.15) is 0 Å². The minimum Gasteiger partial charge on any atom is -0.493 e. The van der Waals surface area contributed by atoms with Crippen LogP contribution in [0.2, 0.25) is 0 Å². The number of halogens is 1. The fourth-order valence-corrected chi connectivity index (χ4v) is 3.42. The standard InChI is InChI=1S/C16H15BrN2O5S/c1-23-14-5-3-4-11(16(14)24-2)6-7-15(20)19-25(21,22)13-8-12(17)9-18-10-13/h3-10H,1-2H3,(H,19,20). The van der Waals surface area contributed by atoms with Gasteiger partial charge in [-0.25, -0.2) is 13.1 Å². The Morgan fingerprint density at radius 2 is 2.00 bits per heavy atom. The second kappa shape index (κ2) is 8.13. The molecule has 0 bridgehead atoms. The molecule has 2 rings (SSSR count). The van der Waals surface area contributed by atoms with E-state index in [2.05, 4.69) is 20.9 Å². The summed E-state index contributed by atoms with van der Waals surface area (Å²) in [6, 6.07) is 6.49. The number of aromatic nitrogens is 1. The second-order valence-corrected chi connectivity index (χ2v) is 7.32. The van der Waals surface area contributed by atoms with Gasteiger partial charge < -0.3 is 9.47 Å². The highest BCUT2D eigenvalue weighted by atomic mass is 79.9. The molecule has 132 valence electrons. The molecule has 1 amide bonds. The van der Waals surface area contributed by atoms with Crippen LogP contribution in [0.4, 0.5) is 0 Å². The number of hydrogen-bond donors (Lipinski definition) is 1. The lowest BCUT2D eigenvalue weighted by Crippen LogP contribution is -2.29. The second-order valence-electron chi connectivity index (χ2n) is 4.72. The molecule has 1 N–H and O–H groups in total. The van der Waals surface area contributed by atoms with Crippen LogP contribution in [0.15, 0.2) is 52.1 Å². The van der Waals surface area contributed by atoms with Crippen LogP contribution in [-0.2, 0) is 14.8 Å². The molecule has 0 unspecified atom stereocenters. The van der Waals surface area contributed by atoms with Crippen molar-refractivity contribution < 1.29 is 22.7 Å². The molecule has 2 aromatic rings. The van der Waals surface area contributed by atoms with Crippen LogP contribution in [0.25, 0.3) is 6.08 Å². The van der Waals surface area contributed by atoms with E-state index < -0.39 is 15.9 Å². The summed E-state index contributed by atoms with van der Waals surface area (Å²) in [6.07, 6.45) is 5.12. The molecule has 0 spiro atoms. The molecule has 1 heterocycles. The summed E-state index contributed by atoms with van der Waals surface area (Å²) in [5, 5.41) is 0. The predicted octanol–water partition coefficient (Wildman–Crippen LogP) is 2.38. The molecule has 1 aromatic carbocycles. The SMILES string of the molecule is COc1cccc(C=CC(=O)NS(=O)(=O)c2cncc(Br)c2)c1OC. The number of para-hydroxylation sites is 1. The summed E-state index contributed by atoms with van der Waals surface area (Å²) in [6.45, 7) is 0. The van der Waals surface area contributed by atoms with E-state index in [9.17, 15) is 13.2 Å². The van der Waals surface area contributed by atoms with Crippen LogP contribution in [-0.4, -0.2) is 33.5 Å². The Hall–Kier alpha value is -2.39. The number of pyridine rings is 1. The maximum Gasteiger partial charge on any atom is 0.265 e. The van der Waals surface area contributed by atoms with E-state index in [1.807, 2.05) is 4.72 Å². The molecule has 1 aromatic heterocycles. The minimum absolute atomic E-state index is 0.123. The maximum atomic E-state index is 12.2. The smallest absolute Gasteiger partial charge is 0.265 e. The van der Waals surface area contributed by atoms with Crippen molar-refractivity contribution in [1.82, 2.24) is 9.71 Å². The van der Waals surface area contributed by atoms with Gasteiger partial charge in [0.15, 0.2) is 11.5 Å². The van der Waals surface area contributed by atoms with Gasteiger partial charge in [0.2, 0.25) is 0 Å².